The number of hydrogen-bond acceptors (Lipinski definition) is 4. The van der Waals surface area contributed by atoms with Gasteiger partial charge < -0.3 is 19.3 Å². The van der Waals surface area contributed by atoms with Crippen molar-refractivity contribution in [3.8, 4) is 11.5 Å². The molecule has 0 aliphatic rings. The zero-order valence-corrected chi connectivity index (χ0v) is 12.5. The van der Waals surface area contributed by atoms with Crippen molar-refractivity contribution in [2.75, 3.05) is 26.9 Å². The summed E-state index contributed by atoms with van der Waals surface area (Å²) in [5.74, 6) is -0.801. The Morgan fingerprint density at radius 2 is 2.00 bits per heavy atom. The number of aromatic carboxylic acids is 1. The van der Waals surface area contributed by atoms with Crippen molar-refractivity contribution in [3.63, 3.8) is 0 Å². The van der Waals surface area contributed by atoms with Gasteiger partial charge in [-0.15, -0.1) is 0 Å². The number of benzene rings is 1. The maximum atomic E-state index is 11.9. The smallest absolute Gasteiger partial charge is 0.411 e. The number of ether oxygens (including phenoxy) is 3. The second-order valence-corrected chi connectivity index (χ2v) is 4.67. The number of halogens is 4. The van der Waals surface area contributed by atoms with Crippen LogP contribution < -0.4 is 9.47 Å². The molecule has 1 rings (SSSR count). The number of hydrogen-bond donors (Lipinski definition) is 1. The Morgan fingerprint density at radius 1 is 1.33 bits per heavy atom. The molecule has 0 fully saturated rings. The maximum absolute atomic E-state index is 11.9. The first kappa shape index (κ1) is 17.6. The number of carbonyl (C=O) groups is 1. The van der Waals surface area contributed by atoms with Gasteiger partial charge in [-0.3, -0.25) is 0 Å². The van der Waals surface area contributed by atoms with Crippen LogP contribution in [0, 0.1) is 0 Å². The summed E-state index contributed by atoms with van der Waals surface area (Å²) in [4.78, 5) is 10.9. The molecule has 1 N–H and O–H groups in total. The van der Waals surface area contributed by atoms with Gasteiger partial charge in [-0.05, 0) is 28.1 Å². The minimum atomic E-state index is -4.39. The zero-order valence-electron chi connectivity index (χ0n) is 10.9. The fourth-order valence-corrected chi connectivity index (χ4v) is 1.93. The minimum absolute atomic E-state index is 0.0144. The van der Waals surface area contributed by atoms with E-state index in [-0.39, 0.29) is 30.3 Å². The van der Waals surface area contributed by atoms with Crippen LogP contribution in [0.2, 0.25) is 0 Å². The van der Waals surface area contributed by atoms with Crippen LogP contribution in [0.25, 0.3) is 0 Å². The molecule has 0 aromatic heterocycles. The third-order valence-electron chi connectivity index (χ3n) is 2.22. The third-order valence-corrected chi connectivity index (χ3v) is 2.81. The van der Waals surface area contributed by atoms with E-state index in [0.717, 1.165) is 0 Å². The second kappa shape index (κ2) is 7.51. The van der Waals surface area contributed by atoms with Crippen LogP contribution >= 0.6 is 15.9 Å². The fourth-order valence-electron chi connectivity index (χ4n) is 1.37. The van der Waals surface area contributed by atoms with Crippen LogP contribution in [0.5, 0.6) is 11.5 Å². The van der Waals surface area contributed by atoms with Gasteiger partial charge in [0, 0.05) is 0 Å². The van der Waals surface area contributed by atoms with Gasteiger partial charge in [0.25, 0.3) is 0 Å². The van der Waals surface area contributed by atoms with E-state index >= 15 is 0 Å². The Morgan fingerprint density at radius 3 is 2.52 bits per heavy atom. The molecule has 118 valence electrons. The van der Waals surface area contributed by atoms with Gasteiger partial charge in [-0.25, -0.2) is 4.79 Å². The number of alkyl halides is 3. The van der Waals surface area contributed by atoms with Crippen molar-refractivity contribution in [2.24, 2.45) is 0 Å². The highest BCUT2D eigenvalue weighted by molar-refractivity contribution is 9.10. The summed E-state index contributed by atoms with van der Waals surface area (Å²) in [6.07, 6.45) is -4.39. The predicted octanol–water partition coefficient (Wildman–Crippen LogP) is 3.11. The first-order valence-corrected chi connectivity index (χ1v) is 6.42. The van der Waals surface area contributed by atoms with Gasteiger partial charge in [-0.1, -0.05) is 0 Å². The molecular formula is C12H12BrF3O5. The molecule has 0 atom stereocenters. The van der Waals surface area contributed by atoms with E-state index < -0.39 is 18.8 Å². The van der Waals surface area contributed by atoms with Crippen LogP contribution in [0.3, 0.4) is 0 Å². The van der Waals surface area contributed by atoms with Crippen LogP contribution in [0.15, 0.2) is 16.6 Å². The molecule has 9 heteroatoms. The van der Waals surface area contributed by atoms with Crippen molar-refractivity contribution >= 4 is 21.9 Å². The fraction of sp³-hybridized carbons (Fsp3) is 0.417. The molecule has 5 nitrogen and oxygen atoms in total. The van der Waals surface area contributed by atoms with Gasteiger partial charge in [0.05, 0.1) is 23.8 Å². The van der Waals surface area contributed by atoms with Crippen LogP contribution in [-0.2, 0) is 4.74 Å². The van der Waals surface area contributed by atoms with Gasteiger partial charge in [0.1, 0.15) is 13.2 Å². The Labute approximate surface area is 126 Å². The highest BCUT2D eigenvalue weighted by Gasteiger charge is 2.27. The topological polar surface area (TPSA) is 65.0 Å². The quantitative estimate of drug-likeness (QED) is 0.745. The monoisotopic (exact) mass is 372 g/mol. The molecule has 0 bridgehead atoms. The van der Waals surface area contributed by atoms with E-state index in [1.165, 1.54) is 19.2 Å². The molecule has 0 saturated heterocycles. The molecule has 0 aliphatic heterocycles. The van der Waals surface area contributed by atoms with E-state index in [0.29, 0.717) is 4.47 Å². The van der Waals surface area contributed by atoms with Crippen molar-refractivity contribution in [2.45, 2.75) is 6.18 Å². The summed E-state index contributed by atoms with van der Waals surface area (Å²) in [7, 11) is 1.32. The SMILES string of the molecule is COc1cc(C(=O)O)cc(Br)c1OCCOCC(F)(F)F. The molecule has 0 spiro atoms. The first-order chi connectivity index (χ1) is 9.74. The molecule has 1 aromatic carbocycles. The summed E-state index contributed by atoms with van der Waals surface area (Å²) in [5.41, 5.74) is -0.0144. The largest absolute Gasteiger partial charge is 0.493 e. The lowest BCUT2D eigenvalue weighted by Gasteiger charge is -2.14. The lowest BCUT2D eigenvalue weighted by molar-refractivity contribution is -0.175. The lowest BCUT2D eigenvalue weighted by Crippen LogP contribution is -2.19. The van der Waals surface area contributed by atoms with Gasteiger partial charge >= 0.3 is 12.1 Å². The summed E-state index contributed by atoms with van der Waals surface area (Å²) in [6.45, 7) is -1.76. The highest BCUT2D eigenvalue weighted by Crippen LogP contribution is 2.36. The Hall–Kier alpha value is -1.48. The summed E-state index contributed by atoms with van der Waals surface area (Å²) in [6, 6.07) is 2.55. The normalized spacial score (nSPS) is 11.3. The molecule has 0 aliphatic carbocycles. The zero-order chi connectivity index (χ0) is 16.0. The van der Waals surface area contributed by atoms with Crippen molar-refractivity contribution in [1.29, 1.82) is 0 Å². The van der Waals surface area contributed by atoms with Gasteiger partial charge in [0.2, 0.25) is 0 Å². The Kier molecular flexibility index (Phi) is 6.28. The van der Waals surface area contributed by atoms with E-state index in [2.05, 4.69) is 20.7 Å². The van der Waals surface area contributed by atoms with E-state index in [9.17, 15) is 18.0 Å². The minimum Gasteiger partial charge on any atom is -0.493 e. The van der Waals surface area contributed by atoms with Crippen LogP contribution in [-0.4, -0.2) is 44.2 Å². The van der Waals surface area contributed by atoms with Gasteiger partial charge in [-0.2, -0.15) is 13.2 Å². The summed E-state index contributed by atoms with van der Waals surface area (Å²) >= 11 is 3.12. The second-order valence-electron chi connectivity index (χ2n) is 3.81. The molecule has 21 heavy (non-hydrogen) atoms. The molecular weight excluding hydrogens is 361 g/mol. The average molecular weight is 373 g/mol. The van der Waals surface area contributed by atoms with E-state index in [1.807, 2.05) is 0 Å². The standard InChI is InChI=1S/C12H12BrF3O5/c1-19-9-5-7(11(17)18)4-8(13)10(9)21-3-2-20-6-12(14,15)16/h4-5H,2-3,6H2,1H3,(H,17,18). The van der Waals surface area contributed by atoms with Gasteiger partial charge in [0.15, 0.2) is 11.5 Å². The van der Waals surface area contributed by atoms with E-state index in [4.69, 9.17) is 14.6 Å². The van der Waals surface area contributed by atoms with Crippen LogP contribution in [0.4, 0.5) is 13.2 Å². The molecule has 0 heterocycles. The lowest BCUT2D eigenvalue weighted by atomic mass is 10.2. The predicted molar refractivity (Wildman–Crippen MR) is 70.0 cm³/mol. The Balaban J connectivity index is 2.64. The highest BCUT2D eigenvalue weighted by atomic mass is 79.9. The van der Waals surface area contributed by atoms with Crippen LogP contribution in [0.1, 0.15) is 10.4 Å². The number of carboxylic acid groups (broad SMARTS) is 1. The molecule has 1 aromatic rings. The maximum Gasteiger partial charge on any atom is 0.411 e. The average Bonchev–Trinajstić information content (AvgIpc) is 2.37. The first-order valence-electron chi connectivity index (χ1n) is 5.62. The summed E-state index contributed by atoms with van der Waals surface area (Å²) in [5, 5.41) is 8.90. The van der Waals surface area contributed by atoms with Crippen molar-refractivity contribution < 1.29 is 37.3 Å². The van der Waals surface area contributed by atoms with Crippen molar-refractivity contribution in [3.05, 3.63) is 22.2 Å². The van der Waals surface area contributed by atoms with Crippen molar-refractivity contribution in [1.82, 2.24) is 0 Å². The Bertz CT molecular complexity index is 504. The number of rotatable bonds is 7. The number of methoxy groups -OCH3 is 1. The molecule has 0 unspecified atom stereocenters. The summed E-state index contributed by atoms with van der Waals surface area (Å²) < 4.78 is 50.5. The third kappa shape index (κ3) is 5.80. The molecule has 0 saturated carbocycles. The number of carboxylic acids is 1. The molecule has 0 amide bonds. The molecule has 0 radical (unpaired) electrons. The van der Waals surface area contributed by atoms with E-state index in [1.54, 1.807) is 0 Å².